The van der Waals surface area contributed by atoms with Gasteiger partial charge in [-0.1, -0.05) is 67.6 Å². The summed E-state index contributed by atoms with van der Waals surface area (Å²) >= 11 is 0. The van der Waals surface area contributed by atoms with Gasteiger partial charge in [-0.2, -0.15) is 0 Å². The number of hydrogen-bond donors (Lipinski definition) is 0. The molecular weight excluding hydrogens is 451 g/mol. The van der Waals surface area contributed by atoms with Gasteiger partial charge in [0, 0.05) is 29.6 Å². The first kappa shape index (κ1) is 24.2. The molecule has 4 nitrogen and oxygen atoms in total. The molecule has 1 aliphatic heterocycles. The number of benzene rings is 3. The maximum Gasteiger partial charge on any atom is 0.410 e. The normalized spacial score (nSPS) is 22.6. The Morgan fingerprint density at radius 1 is 0.972 bits per heavy atom. The molecule has 1 saturated heterocycles. The van der Waals surface area contributed by atoms with Gasteiger partial charge >= 0.3 is 6.09 Å². The van der Waals surface area contributed by atoms with Crippen molar-refractivity contribution in [3.8, 4) is 0 Å². The number of rotatable bonds is 5. The molecule has 1 aliphatic carbocycles. The van der Waals surface area contributed by atoms with Crippen LogP contribution < -0.4 is 0 Å². The van der Waals surface area contributed by atoms with E-state index in [2.05, 4.69) is 6.92 Å². The molecule has 0 bridgehead atoms. The van der Waals surface area contributed by atoms with Gasteiger partial charge in [0.15, 0.2) is 0 Å². The van der Waals surface area contributed by atoms with E-state index in [0.29, 0.717) is 30.6 Å². The van der Waals surface area contributed by atoms with Crippen LogP contribution in [0.4, 0.5) is 14.9 Å². The summed E-state index contributed by atoms with van der Waals surface area (Å²) in [6.45, 7) is 9.08. The molecule has 0 radical (unpaired) electrons. The van der Waals surface area contributed by atoms with E-state index >= 15 is 0 Å². The number of hydrogen-bond acceptors (Lipinski definition) is 3. The lowest BCUT2D eigenvalue weighted by Crippen LogP contribution is -2.39. The Kier molecular flexibility index (Phi) is 6.19. The third-order valence-electron chi connectivity index (χ3n) is 7.53. The summed E-state index contributed by atoms with van der Waals surface area (Å²) in [6, 6.07) is 25.2. The van der Waals surface area contributed by atoms with E-state index in [1.54, 1.807) is 11.0 Å². The molecule has 36 heavy (non-hydrogen) atoms. The van der Waals surface area contributed by atoms with Gasteiger partial charge in [-0.3, -0.25) is 0 Å². The number of aliphatic imine (C=N–C) groups is 1. The van der Waals surface area contributed by atoms with E-state index in [1.165, 1.54) is 6.07 Å². The van der Waals surface area contributed by atoms with Gasteiger partial charge in [-0.05, 0) is 62.8 Å². The summed E-state index contributed by atoms with van der Waals surface area (Å²) in [6.07, 6.45) is 0.626. The van der Waals surface area contributed by atoms with Gasteiger partial charge < -0.3 is 9.64 Å². The van der Waals surface area contributed by atoms with Gasteiger partial charge in [0.1, 0.15) is 11.4 Å². The van der Waals surface area contributed by atoms with Crippen LogP contribution in [0.3, 0.4) is 0 Å². The molecular formula is C31H33FN2O2. The lowest BCUT2D eigenvalue weighted by Gasteiger charge is -2.29. The summed E-state index contributed by atoms with van der Waals surface area (Å²) in [7, 11) is 0. The van der Waals surface area contributed by atoms with Crippen LogP contribution in [0.2, 0.25) is 0 Å². The number of likely N-dealkylation sites (tertiary alicyclic amines) is 1. The Hall–Kier alpha value is -3.47. The van der Waals surface area contributed by atoms with Gasteiger partial charge in [-0.15, -0.1) is 0 Å². The maximum atomic E-state index is 15.0. The van der Waals surface area contributed by atoms with E-state index in [-0.39, 0.29) is 17.3 Å². The molecule has 1 heterocycles. The van der Waals surface area contributed by atoms with Crippen molar-refractivity contribution in [1.82, 2.24) is 4.90 Å². The first-order valence-electron chi connectivity index (χ1n) is 12.7. The Morgan fingerprint density at radius 2 is 1.53 bits per heavy atom. The molecule has 186 valence electrons. The second kappa shape index (κ2) is 9.20. The molecule has 3 aromatic rings. The molecule has 5 heteroatoms. The number of carbonyl (C=O) groups excluding carboxylic acids is 1. The maximum absolute atomic E-state index is 15.0. The highest BCUT2D eigenvalue weighted by atomic mass is 19.1. The molecule has 3 atom stereocenters. The lowest BCUT2D eigenvalue weighted by atomic mass is 9.87. The van der Waals surface area contributed by atoms with E-state index in [1.807, 2.05) is 87.5 Å². The van der Waals surface area contributed by atoms with Crippen LogP contribution >= 0.6 is 0 Å². The highest BCUT2D eigenvalue weighted by Crippen LogP contribution is 2.65. The highest BCUT2D eigenvalue weighted by molar-refractivity contribution is 6.13. The second-order valence-electron chi connectivity index (χ2n) is 10.9. The van der Waals surface area contributed by atoms with Crippen molar-refractivity contribution in [1.29, 1.82) is 0 Å². The fourth-order valence-corrected chi connectivity index (χ4v) is 5.89. The van der Waals surface area contributed by atoms with E-state index in [4.69, 9.17) is 9.73 Å². The average molecular weight is 485 g/mol. The molecule has 2 fully saturated rings. The minimum absolute atomic E-state index is 0.134. The van der Waals surface area contributed by atoms with Crippen molar-refractivity contribution in [2.45, 2.75) is 45.1 Å². The van der Waals surface area contributed by atoms with Crippen LogP contribution in [0.15, 0.2) is 83.9 Å². The zero-order chi connectivity index (χ0) is 25.5. The molecule has 2 aliphatic rings. The van der Waals surface area contributed by atoms with Gasteiger partial charge in [0.05, 0.1) is 11.4 Å². The Bertz CT molecular complexity index is 1230. The number of ether oxygens (including phenoxy) is 1. The molecule has 0 N–H and O–H groups in total. The zero-order valence-corrected chi connectivity index (χ0v) is 21.4. The van der Waals surface area contributed by atoms with Crippen molar-refractivity contribution in [3.05, 3.63) is 101 Å². The Morgan fingerprint density at radius 3 is 2.03 bits per heavy atom. The third-order valence-corrected chi connectivity index (χ3v) is 7.53. The molecule has 0 aromatic heterocycles. The highest BCUT2D eigenvalue weighted by Gasteiger charge is 2.68. The summed E-state index contributed by atoms with van der Waals surface area (Å²) < 4.78 is 20.6. The van der Waals surface area contributed by atoms with E-state index in [0.717, 1.165) is 28.8 Å². The standard InChI is InChI=1S/C31H33FN2O2/c1-5-31(26-19-34(20-27(26)31)29(35)36-30(2,3)4)23-16-24(32)18-25(17-23)33-28(21-12-8-6-9-13-21)22-14-10-7-11-15-22/h6-18,26-27H,5,19-20H2,1-4H3/t26-,27+,31?. The summed E-state index contributed by atoms with van der Waals surface area (Å²) in [5.41, 5.74) is 3.70. The smallest absolute Gasteiger partial charge is 0.410 e. The van der Waals surface area contributed by atoms with Crippen LogP contribution in [0.1, 0.15) is 50.8 Å². The fourth-order valence-electron chi connectivity index (χ4n) is 5.89. The van der Waals surface area contributed by atoms with Crippen molar-refractivity contribution in [3.63, 3.8) is 0 Å². The first-order chi connectivity index (χ1) is 17.2. The monoisotopic (exact) mass is 484 g/mol. The first-order valence-corrected chi connectivity index (χ1v) is 12.7. The summed E-state index contributed by atoms with van der Waals surface area (Å²) in [5, 5.41) is 0. The predicted octanol–water partition coefficient (Wildman–Crippen LogP) is 7.14. The molecule has 3 aromatic carbocycles. The number of amides is 1. The van der Waals surface area contributed by atoms with Gasteiger partial charge in [0.2, 0.25) is 0 Å². The predicted molar refractivity (Wildman–Crippen MR) is 141 cm³/mol. The van der Waals surface area contributed by atoms with Crippen molar-refractivity contribution in [2.75, 3.05) is 13.1 Å². The largest absolute Gasteiger partial charge is 0.444 e. The number of piperidine rings is 1. The SMILES string of the molecule is CCC1(c2cc(F)cc(N=C(c3ccccc3)c3ccccc3)c2)[C@@H]2CN(C(=O)OC(C)(C)C)C[C@@H]21. The minimum Gasteiger partial charge on any atom is -0.444 e. The van der Waals surface area contributed by atoms with Gasteiger partial charge in [0.25, 0.3) is 0 Å². The van der Waals surface area contributed by atoms with Crippen LogP contribution in [0.25, 0.3) is 0 Å². The number of nitrogens with zero attached hydrogens (tertiary/aromatic N) is 2. The number of fused-ring (bicyclic) bond motifs is 1. The quantitative estimate of drug-likeness (QED) is 0.361. The second-order valence-corrected chi connectivity index (χ2v) is 10.9. The van der Waals surface area contributed by atoms with E-state index < -0.39 is 5.60 Å². The average Bonchev–Trinajstić information content (AvgIpc) is 3.22. The molecule has 1 unspecified atom stereocenters. The van der Waals surface area contributed by atoms with Crippen LogP contribution in [-0.2, 0) is 10.2 Å². The minimum atomic E-state index is -0.517. The van der Waals surface area contributed by atoms with Gasteiger partial charge in [-0.25, -0.2) is 14.2 Å². The summed E-state index contributed by atoms with van der Waals surface area (Å²) in [5.74, 6) is 0.321. The zero-order valence-electron chi connectivity index (χ0n) is 21.4. The Balaban J connectivity index is 1.46. The van der Waals surface area contributed by atoms with Crippen LogP contribution in [0, 0.1) is 17.7 Å². The number of carbonyl (C=O) groups is 1. The molecule has 0 spiro atoms. The fraction of sp³-hybridized carbons (Fsp3) is 0.355. The molecule has 5 rings (SSSR count). The Labute approximate surface area is 212 Å². The lowest BCUT2D eigenvalue weighted by molar-refractivity contribution is 0.0260. The van der Waals surface area contributed by atoms with Crippen molar-refractivity contribution >= 4 is 17.5 Å². The van der Waals surface area contributed by atoms with Crippen LogP contribution in [-0.4, -0.2) is 35.4 Å². The van der Waals surface area contributed by atoms with Crippen LogP contribution in [0.5, 0.6) is 0 Å². The van der Waals surface area contributed by atoms with Crippen molar-refractivity contribution < 1.29 is 13.9 Å². The third kappa shape index (κ3) is 4.55. The summed E-state index contributed by atoms with van der Waals surface area (Å²) in [4.78, 5) is 19.4. The van der Waals surface area contributed by atoms with Crippen molar-refractivity contribution in [2.24, 2.45) is 16.8 Å². The molecule has 1 saturated carbocycles. The topological polar surface area (TPSA) is 41.9 Å². The number of halogens is 1. The molecule has 1 amide bonds. The van der Waals surface area contributed by atoms with E-state index in [9.17, 15) is 9.18 Å².